The van der Waals surface area contributed by atoms with Gasteiger partial charge in [0.25, 0.3) is 0 Å². The number of hydrogen-bond acceptors (Lipinski definition) is 4. The van der Waals surface area contributed by atoms with Gasteiger partial charge in [0.05, 0.1) is 6.04 Å². The van der Waals surface area contributed by atoms with E-state index in [1.165, 1.54) is 32.0 Å². The average molecular weight is 181 g/mol. The third kappa shape index (κ3) is 1.71. The molecule has 1 aliphatic carbocycles. The molecule has 1 heterocycles. The summed E-state index contributed by atoms with van der Waals surface area (Å²) < 4.78 is 0. The fourth-order valence-electron chi connectivity index (χ4n) is 2.09. The monoisotopic (exact) mass is 181 g/mol. The molecular weight excluding hydrogens is 166 g/mol. The van der Waals surface area contributed by atoms with Crippen LogP contribution in [0.3, 0.4) is 0 Å². The van der Waals surface area contributed by atoms with Crippen molar-refractivity contribution in [1.29, 1.82) is 0 Å². The Kier molecular flexibility index (Phi) is 2.56. The van der Waals surface area contributed by atoms with Crippen LogP contribution in [0, 0.1) is 5.92 Å². The van der Waals surface area contributed by atoms with Gasteiger partial charge in [-0.15, -0.1) is 0 Å². The molecule has 1 fully saturated rings. The zero-order valence-corrected chi connectivity index (χ0v) is 7.53. The van der Waals surface area contributed by atoms with Crippen molar-refractivity contribution in [3.05, 3.63) is 12.2 Å². The van der Waals surface area contributed by atoms with Crippen LogP contribution in [-0.2, 0) is 0 Å². The maximum Gasteiger partial charge on any atom is 0.143 e. The number of nitrogens with one attached hydrogen (secondary N) is 2. The summed E-state index contributed by atoms with van der Waals surface area (Å²) in [6.07, 6.45) is 6.59. The summed E-state index contributed by atoms with van der Waals surface area (Å²) in [6.45, 7) is 0. The van der Waals surface area contributed by atoms with Crippen LogP contribution >= 0.6 is 0 Å². The lowest BCUT2D eigenvalue weighted by Crippen LogP contribution is -2.33. The molecule has 0 radical (unpaired) electrons. The molecule has 1 aromatic heterocycles. The first kappa shape index (κ1) is 8.65. The molecule has 1 aliphatic rings. The number of nitrogens with zero attached hydrogens (tertiary/aromatic N) is 2. The van der Waals surface area contributed by atoms with E-state index < -0.39 is 0 Å². The van der Waals surface area contributed by atoms with Crippen LogP contribution in [0.25, 0.3) is 0 Å². The standard InChI is InChI=1S/C8H15N5/c9-12-7(6-3-1-2-4-6)8-10-5-11-13-8/h5-7,12H,1-4,9H2,(H,10,11,13). The van der Waals surface area contributed by atoms with Crippen LogP contribution in [0.5, 0.6) is 0 Å². The van der Waals surface area contributed by atoms with E-state index in [0.717, 1.165) is 5.82 Å². The molecule has 0 spiro atoms. The molecule has 2 rings (SSSR count). The van der Waals surface area contributed by atoms with Gasteiger partial charge in [0.1, 0.15) is 12.2 Å². The topological polar surface area (TPSA) is 79.6 Å². The number of nitrogens with two attached hydrogens (primary N) is 1. The maximum absolute atomic E-state index is 5.51. The lowest BCUT2D eigenvalue weighted by Gasteiger charge is -2.19. The number of rotatable bonds is 3. The van der Waals surface area contributed by atoms with E-state index in [1.54, 1.807) is 0 Å². The highest BCUT2D eigenvalue weighted by Gasteiger charge is 2.27. The Balaban J connectivity index is 2.08. The Morgan fingerprint density at radius 1 is 1.54 bits per heavy atom. The predicted octanol–water partition coefficient (Wildman–Crippen LogP) is 0.499. The number of aromatic amines is 1. The van der Waals surface area contributed by atoms with Crippen molar-refractivity contribution in [3.8, 4) is 0 Å². The molecule has 72 valence electrons. The molecule has 0 saturated heterocycles. The van der Waals surface area contributed by atoms with E-state index in [2.05, 4.69) is 20.6 Å². The molecule has 1 aromatic rings. The second kappa shape index (κ2) is 3.85. The van der Waals surface area contributed by atoms with Crippen molar-refractivity contribution in [3.63, 3.8) is 0 Å². The van der Waals surface area contributed by atoms with Gasteiger partial charge in [-0.3, -0.25) is 10.9 Å². The molecular formula is C8H15N5. The van der Waals surface area contributed by atoms with Crippen molar-refractivity contribution in [2.75, 3.05) is 0 Å². The third-order valence-corrected chi connectivity index (χ3v) is 2.78. The summed E-state index contributed by atoms with van der Waals surface area (Å²) in [4.78, 5) is 4.12. The summed E-state index contributed by atoms with van der Waals surface area (Å²) in [5, 5.41) is 6.69. The largest absolute Gasteiger partial charge is 0.271 e. The Bertz CT molecular complexity index is 239. The van der Waals surface area contributed by atoms with Crippen LogP contribution in [0.1, 0.15) is 37.5 Å². The maximum atomic E-state index is 5.51. The minimum Gasteiger partial charge on any atom is -0.271 e. The highest BCUT2D eigenvalue weighted by Crippen LogP contribution is 2.33. The number of hydrazine groups is 1. The van der Waals surface area contributed by atoms with Crippen LogP contribution in [0.15, 0.2) is 6.33 Å². The first-order valence-corrected chi connectivity index (χ1v) is 4.73. The fourth-order valence-corrected chi connectivity index (χ4v) is 2.09. The van der Waals surface area contributed by atoms with Gasteiger partial charge in [0.15, 0.2) is 0 Å². The van der Waals surface area contributed by atoms with Gasteiger partial charge in [-0.05, 0) is 18.8 Å². The van der Waals surface area contributed by atoms with E-state index in [-0.39, 0.29) is 6.04 Å². The Labute approximate surface area is 77.1 Å². The van der Waals surface area contributed by atoms with Gasteiger partial charge in [0, 0.05) is 0 Å². The number of H-pyrrole nitrogens is 1. The van der Waals surface area contributed by atoms with E-state index in [4.69, 9.17) is 5.84 Å². The van der Waals surface area contributed by atoms with Crippen molar-refractivity contribution >= 4 is 0 Å². The smallest absolute Gasteiger partial charge is 0.143 e. The van der Waals surface area contributed by atoms with Crippen molar-refractivity contribution < 1.29 is 0 Å². The SMILES string of the molecule is NNC(c1ncn[nH]1)C1CCCC1. The van der Waals surface area contributed by atoms with E-state index in [0.29, 0.717) is 5.92 Å². The second-order valence-electron chi connectivity index (χ2n) is 3.56. The van der Waals surface area contributed by atoms with Crippen LogP contribution in [-0.4, -0.2) is 15.2 Å². The summed E-state index contributed by atoms with van der Waals surface area (Å²) in [7, 11) is 0. The van der Waals surface area contributed by atoms with Crippen LogP contribution in [0.4, 0.5) is 0 Å². The van der Waals surface area contributed by atoms with Crippen LogP contribution in [0.2, 0.25) is 0 Å². The lowest BCUT2D eigenvalue weighted by molar-refractivity contribution is 0.359. The zero-order valence-electron chi connectivity index (χ0n) is 7.53. The van der Waals surface area contributed by atoms with Gasteiger partial charge in [-0.1, -0.05) is 12.8 Å². The zero-order chi connectivity index (χ0) is 9.10. The molecule has 1 saturated carbocycles. The molecule has 5 heteroatoms. The Morgan fingerprint density at radius 3 is 2.85 bits per heavy atom. The average Bonchev–Trinajstić information content (AvgIpc) is 2.76. The third-order valence-electron chi connectivity index (χ3n) is 2.78. The Morgan fingerprint density at radius 2 is 2.31 bits per heavy atom. The molecule has 13 heavy (non-hydrogen) atoms. The number of aromatic nitrogens is 3. The quantitative estimate of drug-likeness (QED) is 0.468. The normalized spacial score (nSPS) is 20.7. The predicted molar refractivity (Wildman–Crippen MR) is 48.4 cm³/mol. The highest BCUT2D eigenvalue weighted by molar-refractivity contribution is 4.95. The van der Waals surface area contributed by atoms with Crippen molar-refractivity contribution in [1.82, 2.24) is 20.6 Å². The van der Waals surface area contributed by atoms with Gasteiger partial charge >= 0.3 is 0 Å². The van der Waals surface area contributed by atoms with E-state index in [1.807, 2.05) is 0 Å². The van der Waals surface area contributed by atoms with E-state index in [9.17, 15) is 0 Å². The van der Waals surface area contributed by atoms with Gasteiger partial charge in [0.2, 0.25) is 0 Å². The molecule has 0 bridgehead atoms. The molecule has 0 amide bonds. The second-order valence-corrected chi connectivity index (χ2v) is 3.56. The molecule has 0 aromatic carbocycles. The minimum absolute atomic E-state index is 0.144. The summed E-state index contributed by atoms with van der Waals surface area (Å²) in [5.41, 5.74) is 2.81. The first-order valence-electron chi connectivity index (χ1n) is 4.73. The molecule has 5 nitrogen and oxygen atoms in total. The Hall–Kier alpha value is -0.940. The molecule has 1 atom stereocenters. The summed E-state index contributed by atoms with van der Waals surface area (Å²) >= 11 is 0. The highest BCUT2D eigenvalue weighted by atomic mass is 15.3. The van der Waals surface area contributed by atoms with Gasteiger partial charge in [-0.25, -0.2) is 10.4 Å². The minimum atomic E-state index is 0.144. The molecule has 0 aliphatic heterocycles. The van der Waals surface area contributed by atoms with Crippen molar-refractivity contribution in [2.24, 2.45) is 11.8 Å². The molecule has 4 N–H and O–H groups in total. The fraction of sp³-hybridized carbons (Fsp3) is 0.750. The lowest BCUT2D eigenvalue weighted by atomic mass is 9.98. The summed E-state index contributed by atoms with van der Waals surface area (Å²) in [6, 6.07) is 0.144. The van der Waals surface area contributed by atoms with Crippen molar-refractivity contribution in [2.45, 2.75) is 31.7 Å². The van der Waals surface area contributed by atoms with Gasteiger partial charge in [-0.2, -0.15) is 5.10 Å². The number of hydrogen-bond donors (Lipinski definition) is 3. The van der Waals surface area contributed by atoms with Gasteiger partial charge < -0.3 is 0 Å². The molecule has 1 unspecified atom stereocenters. The first-order chi connectivity index (χ1) is 6.42. The van der Waals surface area contributed by atoms with E-state index >= 15 is 0 Å². The van der Waals surface area contributed by atoms with Crippen LogP contribution < -0.4 is 11.3 Å². The summed E-state index contributed by atoms with van der Waals surface area (Å²) in [5.74, 6) is 6.97.